The third-order valence-electron chi connectivity index (χ3n) is 6.09. The van der Waals surface area contributed by atoms with Crippen LogP contribution in [0.1, 0.15) is 28.8 Å². The summed E-state index contributed by atoms with van der Waals surface area (Å²) in [7, 11) is 6.12. The van der Waals surface area contributed by atoms with Gasteiger partial charge in [0.2, 0.25) is 5.75 Å². The van der Waals surface area contributed by atoms with Crippen LogP contribution in [0.2, 0.25) is 0 Å². The zero-order valence-electron chi connectivity index (χ0n) is 20.1. The molecule has 0 radical (unpaired) electrons. The minimum atomic E-state index is -0.189. The van der Waals surface area contributed by atoms with Crippen LogP contribution < -0.4 is 28.4 Å². The van der Waals surface area contributed by atoms with Crippen LogP contribution in [0.15, 0.2) is 29.8 Å². The molecule has 2 aromatic rings. The number of fused-ring (bicyclic) bond motifs is 1. The first-order chi connectivity index (χ1) is 16.6. The maximum atomic E-state index is 13.4. The lowest BCUT2D eigenvalue weighted by Gasteiger charge is -2.23. The van der Waals surface area contributed by atoms with Crippen LogP contribution in [0.5, 0.6) is 34.5 Å². The van der Waals surface area contributed by atoms with Gasteiger partial charge >= 0.3 is 0 Å². The van der Waals surface area contributed by atoms with E-state index in [4.69, 9.17) is 28.4 Å². The number of nitrogens with zero attached hydrogens (tertiary/aromatic N) is 1. The molecule has 0 saturated carbocycles. The molecule has 4 rings (SSSR count). The number of ketones is 1. The zero-order chi connectivity index (χ0) is 24.1. The maximum absolute atomic E-state index is 13.4. The van der Waals surface area contributed by atoms with E-state index >= 15 is 0 Å². The molecular formula is C26H31NO7. The lowest BCUT2D eigenvalue weighted by molar-refractivity contribution is 0.0996. The first-order valence-electron chi connectivity index (χ1n) is 11.3. The molecule has 8 nitrogen and oxygen atoms in total. The van der Waals surface area contributed by atoms with Gasteiger partial charge in [0, 0.05) is 18.2 Å². The summed E-state index contributed by atoms with van der Waals surface area (Å²) < 4.78 is 33.7. The summed E-state index contributed by atoms with van der Waals surface area (Å²) in [4.78, 5) is 15.8. The predicted octanol–water partition coefficient (Wildman–Crippen LogP) is 3.85. The quantitative estimate of drug-likeness (QED) is 0.513. The fraction of sp³-hybridized carbons (Fsp3) is 0.423. The number of methoxy groups -OCH3 is 4. The van der Waals surface area contributed by atoms with E-state index in [1.165, 1.54) is 34.2 Å². The highest BCUT2D eigenvalue weighted by molar-refractivity contribution is 6.16. The van der Waals surface area contributed by atoms with Crippen LogP contribution in [0.25, 0.3) is 6.08 Å². The first-order valence-corrected chi connectivity index (χ1v) is 11.3. The van der Waals surface area contributed by atoms with Crippen molar-refractivity contribution in [2.75, 3.05) is 61.3 Å². The SMILES string of the molecule is COc1ccc(C=C2COc3cc(OC)c(OC)c(OC)c3C2=O)cc1OCCN1CCCC1. The Hall–Kier alpha value is -3.39. The van der Waals surface area contributed by atoms with E-state index < -0.39 is 0 Å². The standard InChI is InChI=1S/C26H31NO7/c1-29-19-8-7-17(14-20(19)33-12-11-27-9-5-6-10-27)13-18-16-34-21-15-22(30-2)25(31-3)26(32-4)23(21)24(18)28/h7-8,13-15H,5-6,9-12,16H2,1-4H3. The zero-order valence-corrected chi connectivity index (χ0v) is 20.1. The van der Waals surface area contributed by atoms with E-state index in [1.807, 2.05) is 18.2 Å². The summed E-state index contributed by atoms with van der Waals surface area (Å²) in [6.07, 6.45) is 4.29. The summed E-state index contributed by atoms with van der Waals surface area (Å²) in [5.41, 5.74) is 1.62. The topological polar surface area (TPSA) is 75.7 Å². The van der Waals surface area contributed by atoms with Gasteiger partial charge in [-0.2, -0.15) is 0 Å². The smallest absolute Gasteiger partial charge is 0.204 e. The Kier molecular flexibility index (Phi) is 7.47. The third kappa shape index (κ3) is 4.77. The Balaban J connectivity index is 1.59. The van der Waals surface area contributed by atoms with Gasteiger partial charge in [0.05, 0.1) is 28.4 Å². The number of likely N-dealkylation sites (tertiary alicyclic amines) is 1. The molecule has 0 aromatic heterocycles. The highest BCUT2D eigenvalue weighted by Gasteiger charge is 2.32. The van der Waals surface area contributed by atoms with Crippen molar-refractivity contribution in [1.82, 2.24) is 4.90 Å². The van der Waals surface area contributed by atoms with E-state index in [-0.39, 0.29) is 18.1 Å². The van der Waals surface area contributed by atoms with E-state index in [1.54, 1.807) is 19.3 Å². The average Bonchev–Trinajstić information content (AvgIpc) is 3.38. The molecule has 0 unspecified atom stereocenters. The molecule has 0 N–H and O–H groups in total. The van der Waals surface area contributed by atoms with Crippen LogP contribution in [-0.4, -0.2) is 72.0 Å². The first kappa shape index (κ1) is 23.8. The molecule has 1 fully saturated rings. The van der Waals surface area contributed by atoms with Gasteiger partial charge in [0.1, 0.15) is 24.5 Å². The summed E-state index contributed by atoms with van der Waals surface area (Å²) in [6, 6.07) is 7.25. The van der Waals surface area contributed by atoms with Crippen molar-refractivity contribution in [3.8, 4) is 34.5 Å². The number of hydrogen-bond acceptors (Lipinski definition) is 8. The lowest BCUT2D eigenvalue weighted by Crippen LogP contribution is -2.25. The van der Waals surface area contributed by atoms with Crippen molar-refractivity contribution in [3.05, 3.63) is 41.0 Å². The third-order valence-corrected chi connectivity index (χ3v) is 6.09. The molecule has 0 atom stereocenters. The van der Waals surface area contributed by atoms with Crippen LogP contribution in [-0.2, 0) is 0 Å². The Morgan fingerprint density at radius 3 is 2.32 bits per heavy atom. The van der Waals surface area contributed by atoms with Gasteiger partial charge in [-0.25, -0.2) is 0 Å². The van der Waals surface area contributed by atoms with E-state index in [2.05, 4.69) is 4.90 Å². The van der Waals surface area contributed by atoms with E-state index in [9.17, 15) is 4.79 Å². The molecule has 34 heavy (non-hydrogen) atoms. The average molecular weight is 470 g/mol. The molecule has 1 saturated heterocycles. The Bertz CT molecular complexity index is 1070. The lowest BCUT2D eigenvalue weighted by atomic mass is 9.96. The van der Waals surface area contributed by atoms with Crippen molar-refractivity contribution in [2.45, 2.75) is 12.8 Å². The number of Topliss-reactive ketones (excluding diaryl/α,β-unsaturated/α-hetero) is 1. The van der Waals surface area contributed by atoms with E-state index in [0.717, 1.165) is 25.2 Å². The summed E-state index contributed by atoms with van der Waals surface area (Å²) in [5.74, 6) is 2.57. The molecule has 0 bridgehead atoms. The van der Waals surface area contributed by atoms with E-state index in [0.29, 0.717) is 46.5 Å². The molecule has 2 aliphatic rings. The number of carbonyl (C=O) groups excluding carboxylic acids is 1. The van der Waals surface area contributed by atoms with Crippen molar-refractivity contribution in [1.29, 1.82) is 0 Å². The Morgan fingerprint density at radius 2 is 1.65 bits per heavy atom. The summed E-state index contributed by atoms with van der Waals surface area (Å²) in [5, 5.41) is 0. The number of rotatable bonds is 9. The van der Waals surface area contributed by atoms with Gasteiger partial charge in [-0.15, -0.1) is 0 Å². The number of carbonyl (C=O) groups is 1. The Labute approximate surface area is 199 Å². The maximum Gasteiger partial charge on any atom is 0.204 e. The van der Waals surface area contributed by atoms with Gasteiger partial charge in [0.15, 0.2) is 28.8 Å². The largest absolute Gasteiger partial charge is 0.493 e. The second kappa shape index (κ2) is 10.7. The van der Waals surface area contributed by atoms with Gasteiger partial charge in [0.25, 0.3) is 0 Å². The number of ether oxygens (including phenoxy) is 6. The fourth-order valence-electron chi connectivity index (χ4n) is 4.34. The van der Waals surface area contributed by atoms with Gasteiger partial charge in [-0.1, -0.05) is 6.07 Å². The molecule has 2 aromatic carbocycles. The van der Waals surface area contributed by atoms with Gasteiger partial charge in [-0.05, 0) is 49.7 Å². The molecule has 0 aliphatic carbocycles. The van der Waals surface area contributed by atoms with Crippen LogP contribution in [0, 0.1) is 0 Å². The molecular weight excluding hydrogens is 438 g/mol. The van der Waals surface area contributed by atoms with Crippen LogP contribution in [0.3, 0.4) is 0 Å². The van der Waals surface area contributed by atoms with Gasteiger partial charge < -0.3 is 28.4 Å². The summed E-state index contributed by atoms with van der Waals surface area (Å²) in [6.45, 7) is 3.82. The second-order valence-electron chi connectivity index (χ2n) is 8.11. The Morgan fingerprint density at radius 1 is 0.912 bits per heavy atom. The summed E-state index contributed by atoms with van der Waals surface area (Å²) >= 11 is 0. The molecule has 0 spiro atoms. The minimum Gasteiger partial charge on any atom is -0.493 e. The van der Waals surface area contributed by atoms with Crippen molar-refractivity contribution >= 4 is 11.9 Å². The minimum absolute atomic E-state index is 0.127. The number of hydrogen-bond donors (Lipinski definition) is 0. The highest BCUT2D eigenvalue weighted by Crippen LogP contribution is 2.47. The molecule has 0 amide bonds. The van der Waals surface area contributed by atoms with Crippen LogP contribution in [0.4, 0.5) is 0 Å². The molecule has 2 aliphatic heterocycles. The van der Waals surface area contributed by atoms with Crippen molar-refractivity contribution in [3.63, 3.8) is 0 Å². The number of benzene rings is 2. The van der Waals surface area contributed by atoms with Crippen molar-refractivity contribution in [2.24, 2.45) is 0 Å². The second-order valence-corrected chi connectivity index (χ2v) is 8.11. The molecule has 182 valence electrons. The normalized spacial score (nSPS) is 16.7. The highest BCUT2D eigenvalue weighted by atomic mass is 16.5. The molecule has 2 heterocycles. The van der Waals surface area contributed by atoms with Crippen molar-refractivity contribution < 1.29 is 33.2 Å². The molecule has 8 heteroatoms. The monoisotopic (exact) mass is 469 g/mol. The van der Waals surface area contributed by atoms with Gasteiger partial charge in [-0.3, -0.25) is 9.69 Å². The van der Waals surface area contributed by atoms with Crippen LogP contribution >= 0.6 is 0 Å². The predicted molar refractivity (Wildman–Crippen MR) is 128 cm³/mol. The fourth-order valence-corrected chi connectivity index (χ4v) is 4.34.